The van der Waals surface area contributed by atoms with Crippen LogP contribution in [0, 0.1) is 0 Å². The van der Waals surface area contributed by atoms with Gasteiger partial charge >= 0.3 is 6.03 Å². The molecule has 208 valence electrons. The summed E-state index contributed by atoms with van der Waals surface area (Å²) < 4.78 is 33.0. The van der Waals surface area contributed by atoms with Crippen molar-refractivity contribution in [1.29, 1.82) is 0 Å². The number of rotatable bonds is 8. The predicted molar refractivity (Wildman–Crippen MR) is 137 cm³/mol. The first-order valence-corrected chi connectivity index (χ1v) is 12.8. The summed E-state index contributed by atoms with van der Waals surface area (Å²) in [6.07, 6.45) is 6.07. The van der Waals surface area contributed by atoms with Crippen LogP contribution in [-0.2, 0) is 9.57 Å². The molecule has 0 aromatic heterocycles. The number of carbonyl (C=O) groups is 2. The van der Waals surface area contributed by atoms with Gasteiger partial charge in [-0.15, -0.1) is 0 Å². The van der Waals surface area contributed by atoms with Crippen molar-refractivity contribution in [2.45, 2.75) is 49.9 Å². The molecule has 3 aliphatic heterocycles. The smallest absolute Gasteiger partial charge is 0.320 e. The average molecular weight is 535 g/mol. The van der Waals surface area contributed by atoms with Gasteiger partial charge < -0.3 is 30.9 Å². The Balaban J connectivity index is 1.37. The number of nitrogens with zero attached hydrogens (tertiary/aromatic N) is 2. The highest BCUT2D eigenvalue weighted by Crippen LogP contribution is 2.29. The lowest BCUT2D eigenvalue weighted by molar-refractivity contribution is -0.137. The van der Waals surface area contributed by atoms with E-state index in [2.05, 4.69) is 21.5 Å². The number of ether oxygens (including phenoxy) is 1. The standard InChI is InChI=1S/C26H36F2N6O4/c1-26(27,28)23(38-30)22(29)17-6-8-18(9-7-17)24(35)32-15-20-16-37-13-12-33(20)25(36)34-11-3-5-21(34)19-4-2-10-31-14-19/h2,4,6-10,20-23,31H,3,5,11-16,29-30H2,1H3,(H,32,35)/t20-,21?,22-,23?/m0/s1. The van der Waals surface area contributed by atoms with E-state index in [4.69, 9.17) is 16.4 Å². The normalized spacial score (nSPS) is 23.4. The Hall–Kier alpha value is -3.06. The van der Waals surface area contributed by atoms with Crippen LogP contribution < -0.4 is 22.3 Å². The number of amides is 3. The molecule has 6 N–H and O–H groups in total. The molecule has 3 heterocycles. The first-order chi connectivity index (χ1) is 18.2. The van der Waals surface area contributed by atoms with Gasteiger partial charge in [-0.3, -0.25) is 9.63 Å². The minimum absolute atomic E-state index is 0.0479. The number of allylic oxidation sites excluding steroid dienone is 2. The SMILES string of the molecule is CC(F)(F)C(ON)[C@@H](N)c1ccc(C(=O)NC[C@H]2COCCN2C(=O)N2CCCC2C2=CC=CNC2)cc1. The van der Waals surface area contributed by atoms with E-state index in [0.29, 0.717) is 44.4 Å². The Morgan fingerprint density at radius 3 is 2.68 bits per heavy atom. The zero-order valence-electron chi connectivity index (χ0n) is 21.4. The number of nitrogens with one attached hydrogen (secondary N) is 2. The van der Waals surface area contributed by atoms with Crippen LogP contribution in [0.15, 0.2) is 48.2 Å². The van der Waals surface area contributed by atoms with Crippen LogP contribution in [-0.4, -0.2) is 85.2 Å². The molecule has 1 aromatic rings. The number of nitrogens with two attached hydrogens (primary N) is 2. The molecule has 0 radical (unpaired) electrons. The summed E-state index contributed by atoms with van der Waals surface area (Å²) in [7, 11) is 0. The summed E-state index contributed by atoms with van der Waals surface area (Å²) in [6.45, 7) is 3.50. The van der Waals surface area contributed by atoms with Crippen molar-refractivity contribution in [3.8, 4) is 0 Å². The molecule has 0 bridgehead atoms. The summed E-state index contributed by atoms with van der Waals surface area (Å²) in [5, 5.41) is 6.08. The highest BCUT2D eigenvalue weighted by atomic mass is 19.3. The Morgan fingerprint density at radius 2 is 2.03 bits per heavy atom. The quantitative estimate of drug-likeness (QED) is 0.373. The molecule has 0 spiro atoms. The van der Waals surface area contributed by atoms with Crippen LogP contribution in [0.3, 0.4) is 0 Å². The van der Waals surface area contributed by atoms with Crippen molar-refractivity contribution in [3.63, 3.8) is 0 Å². The molecule has 2 fully saturated rings. The fourth-order valence-electron chi connectivity index (χ4n) is 5.19. The lowest BCUT2D eigenvalue weighted by Crippen LogP contribution is -2.58. The molecular formula is C26H36F2N6O4. The number of halogens is 2. The van der Waals surface area contributed by atoms with Crippen molar-refractivity contribution in [3.05, 3.63) is 59.3 Å². The van der Waals surface area contributed by atoms with E-state index in [1.165, 1.54) is 29.8 Å². The van der Waals surface area contributed by atoms with Crippen LogP contribution in [0.1, 0.15) is 41.7 Å². The van der Waals surface area contributed by atoms with E-state index in [9.17, 15) is 18.4 Å². The largest absolute Gasteiger partial charge is 0.387 e. The molecule has 3 aliphatic rings. The summed E-state index contributed by atoms with van der Waals surface area (Å²) in [4.78, 5) is 34.5. The number of dihydropyridines is 1. The second-order valence-corrected chi connectivity index (χ2v) is 9.91. The van der Waals surface area contributed by atoms with Gasteiger partial charge in [-0.25, -0.2) is 19.5 Å². The fraction of sp³-hybridized carbons (Fsp3) is 0.538. The molecule has 4 rings (SSSR count). The lowest BCUT2D eigenvalue weighted by atomic mass is 9.97. The molecule has 12 heteroatoms. The van der Waals surface area contributed by atoms with Crippen molar-refractivity contribution in [2.75, 3.05) is 39.4 Å². The third-order valence-corrected chi connectivity index (χ3v) is 7.26. The molecule has 2 saturated heterocycles. The number of urea groups is 1. The fourth-order valence-corrected chi connectivity index (χ4v) is 5.19. The molecular weight excluding hydrogens is 498 g/mol. The van der Waals surface area contributed by atoms with E-state index in [0.717, 1.165) is 19.4 Å². The lowest BCUT2D eigenvalue weighted by Gasteiger charge is -2.40. The third kappa shape index (κ3) is 6.32. The van der Waals surface area contributed by atoms with Crippen LogP contribution in [0.5, 0.6) is 0 Å². The molecule has 10 nitrogen and oxygen atoms in total. The van der Waals surface area contributed by atoms with Gasteiger partial charge in [0.2, 0.25) is 0 Å². The third-order valence-electron chi connectivity index (χ3n) is 7.26. The molecule has 4 atom stereocenters. The van der Waals surface area contributed by atoms with Crippen molar-refractivity contribution < 1.29 is 27.9 Å². The van der Waals surface area contributed by atoms with Gasteiger partial charge in [0.15, 0.2) is 6.10 Å². The number of morpholine rings is 1. The van der Waals surface area contributed by atoms with Crippen LogP contribution in [0.25, 0.3) is 0 Å². The second-order valence-electron chi connectivity index (χ2n) is 9.91. The van der Waals surface area contributed by atoms with Crippen LogP contribution in [0.4, 0.5) is 13.6 Å². The number of alkyl halides is 2. The average Bonchev–Trinajstić information content (AvgIpc) is 3.42. The van der Waals surface area contributed by atoms with Gasteiger partial charge in [-0.2, -0.15) is 0 Å². The molecule has 0 aliphatic carbocycles. The Kier molecular flexibility index (Phi) is 8.98. The molecule has 3 amide bonds. The van der Waals surface area contributed by atoms with Crippen molar-refractivity contribution in [2.24, 2.45) is 11.6 Å². The maximum Gasteiger partial charge on any atom is 0.320 e. The minimum atomic E-state index is -3.24. The number of hydrogen-bond donors (Lipinski definition) is 4. The summed E-state index contributed by atoms with van der Waals surface area (Å²) in [5.41, 5.74) is 7.79. The van der Waals surface area contributed by atoms with Crippen molar-refractivity contribution >= 4 is 11.9 Å². The number of likely N-dealkylation sites (tertiary alicyclic amines) is 1. The Morgan fingerprint density at radius 1 is 1.26 bits per heavy atom. The molecule has 1 aromatic carbocycles. The van der Waals surface area contributed by atoms with Crippen LogP contribution >= 0.6 is 0 Å². The Bertz CT molecular complexity index is 1050. The van der Waals surface area contributed by atoms with Crippen molar-refractivity contribution in [1.82, 2.24) is 20.4 Å². The van der Waals surface area contributed by atoms with E-state index < -0.39 is 18.1 Å². The first kappa shape index (κ1) is 28.0. The minimum Gasteiger partial charge on any atom is -0.387 e. The summed E-state index contributed by atoms with van der Waals surface area (Å²) >= 11 is 0. The van der Waals surface area contributed by atoms with E-state index in [1.54, 1.807) is 4.90 Å². The van der Waals surface area contributed by atoms with Gasteiger partial charge in [0.25, 0.3) is 11.8 Å². The van der Waals surface area contributed by atoms with E-state index >= 15 is 0 Å². The van der Waals surface area contributed by atoms with Gasteiger partial charge in [-0.1, -0.05) is 18.2 Å². The second kappa shape index (κ2) is 12.2. The summed E-state index contributed by atoms with van der Waals surface area (Å²) in [6, 6.07) is 4.50. The van der Waals surface area contributed by atoms with Gasteiger partial charge in [0.1, 0.15) is 0 Å². The monoisotopic (exact) mass is 534 g/mol. The highest BCUT2D eigenvalue weighted by Gasteiger charge is 2.40. The number of benzene rings is 1. The zero-order chi connectivity index (χ0) is 27.3. The van der Waals surface area contributed by atoms with E-state index in [1.807, 2.05) is 17.2 Å². The van der Waals surface area contributed by atoms with Gasteiger partial charge in [-0.05, 0) is 48.4 Å². The predicted octanol–water partition coefficient (Wildman–Crippen LogP) is 1.66. The topological polar surface area (TPSA) is 135 Å². The molecule has 38 heavy (non-hydrogen) atoms. The van der Waals surface area contributed by atoms with E-state index in [-0.39, 0.29) is 30.6 Å². The number of carbonyl (C=O) groups excluding carboxylic acids is 2. The van der Waals surface area contributed by atoms with Crippen LogP contribution in [0.2, 0.25) is 0 Å². The van der Waals surface area contributed by atoms with Gasteiger partial charge in [0, 0.05) is 38.7 Å². The zero-order valence-corrected chi connectivity index (χ0v) is 21.4. The molecule has 0 saturated carbocycles. The maximum atomic E-state index is 13.7. The molecule has 2 unspecified atom stereocenters. The number of hydrogen-bond acceptors (Lipinski definition) is 7. The highest BCUT2D eigenvalue weighted by molar-refractivity contribution is 5.94. The first-order valence-electron chi connectivity index (χ1n) is 12.8. The maximum absolute atomic E-state index is 13.7. The van der Waals surface area contributed by atoms with Gasteiger partial charge in [0.05, 0.1) is 31.3 Å². The Labute approximate surface area is 220 Å². The summed E-state index contributed by atoms with van der Waals surface area (Å²) in [5.74, 6) is 1.42.